The van der Waals surface area contributed by atoms with Crippen LogP contribution < -0.4 is 31.3 Å². The number of benzene rings is 1. The maximum Gasteiger partial charge on any atom is 0.412 e. The summed E-state index contributed by atoms with van der Waals surface area (Å²) in [5, 5.41) is 35.5. The van der Waals surface area contributed by atoms with Crippen LogP contribution in [0.3, 0.4) is 0 Å². The number of aliphatic hydroxyl groups excluding tert-OH is 1. The fourth-order valence-electron chi connectivity index (χ4n) is 9.19. The number of nitrogens with one attached hydrogen (secondary N) is 5. The quantitative estimate of drug-likeness (QED) is 0.0276. The number of aromatic nitrogens is 1. The van der Waals surface area contributed by atoms with E-state index in [-0.39, 0.29) is 98.7 Å². The molecule has 0 saturated carbocycles. The number of thiazole rings is 1. The molecule has 1 aliphatic rings. The highest BCUT2D eigenvalue weighted by Gasteiger charge is 2.38. The Labute approximate surface area is 477 Å². The number of piperidine rings is 1. The van der Waals surface area contributed by atoms with E-state index in [4.69, 9.17) is 28.7 Å². The van der Waals surface area contributed by atoms with Gasteiger partial charge in [-0.2, -0.15) is 0 Å². The van der Waals surface area contributed by atoms with Crippen LogP contribution >= 0.6 is 11.3 Å². The average Bonchev–Trinajstić information content (AvgIpc) is 3.95. The van der Waals surface area contributed by atoms with Gasteiger partial charge in [-0.15, -0.1) is 11.3 Å². The molecule has 1 fully saturated rings. The zero-order chi connectivity index (χ0) is 59.1. The van der Waals surface area contributed by atoms with Crippen molar-refractivity contribution in [1.29, 1.82) is 0 Å². The van der Waals surface area contributed by atoms with Crippen LogP contribution in [0.4, 0.5) is 9.59 Å². The molecule has 80 heavy (non-hydrogen) atoms. The van der Waals surface area contributed by atoms with Gasteiger partial charge in [-0.25, -0.2) is 14.6 Å². The molecular weight excluding hydrogens is 1050 g/mol. The van der Waals surface area contributed by atoms with Crippen molar-refractivity contribution in [2.24, 2.45) is 17.8 Å². The highest BCUT2D eigenvalue weighted by atomic mass is 32.1. The predicted molar refractivity (Wildman–Crippen MR) is 304 cm³/mol. The lowest BCUT2D eigenvalue weighted by Gasteiger charge is -2.40. The summed E-state index contributed by atoms with van der Waals surface area (Å²) in [5.41, 5.74) is 0.922. The van der Waals surface area contributed by atoms with E-state index in [0.29, 0.717) is 63.2 Å². The highest BCUT2D eigenvalue weighted by molar-refractivity contribution is 7.09. The first kappa shape index (κ1) is 68.8. The maximum absolute atomic E-state index is 14.8. The van der Waals surface area contributed by atoms with Crippen molar-refractivity contribution in [3.8, 4) is 5.75 Å². The zero-order valence-electron chi connectivity index (χ0n) is 49.1. The molecule has 3 unspecified atom stereocenters. The first-order valence-electron chi connectivity index (χ1n) is 28.7. The van der Waals surface area contributed by atoms with Crippen molar-refractivity contribution < 1.29 is 67.5 Å². The fourth-order valence-corrected chi connectivity index (χ4v) is 10.1. The van der Waals surface area contributed by atoms with Gasteiger partial charge in [0.05, 0.1) is 24.7 Å². The summed E-state index contributed by atoms with van der Waals surface area (Å²) >= 11 is 1.29. The molecule has 22 nitrogen and oxygen atoms in total. The number of methoxy groups -OCH3 is 1. The number of nitrogens with zero attached hydrogens (tertiary/aromatic N) is 3. The van der Waals surface area contributed by atoms with Gasteiger partial charge in [0.25, 0.3) is 5.91 Å². The van der Waals surface area contributed by atoms with E-state index in [1.54, 1.807) is 36.6 Å². The Morgan fingerprint density at radius 1 is 0.875 bits per heavy atom. The van der Waals surface area contributed by atoms with Gasteiger partial charge in [0.1, 0.15) is 35.2 Å². The summed E-state index contributed by atoms with van der Waals surface area (Å²) < 4.78 is 27.6. The van der Waals surface area contributed by atoms with Crippen molar-refractivity contribution in [2.45, 2.75) is 182 Å². The van der Waals surface area contributed by atoms with E-state index < -0.39 is 60.6 Å². The summed E-state index contributed by atoms with van der Waals surface area (Å²) in [5.74, 6) is -2.57. The van der Waals surface area contributed by atoms with Crippen molar-refractivity contribution in [1.82, 2.24) is 41.4 Å². The second-order valence-electron chi connectivity index (χ2n) is 21.0. The number of alkyl carbamates (subject to hydrolysis) is 1. The SMILES string of the molecule is CCCO[C@H](C[C@H](C(C)C)N(CCC)C(=O)[C@@H](NC(=O)[C@H]1CCCCN1C)[C@@H](C)CC)c1nc(C(=O)NC(Cc2ccc(OC(=O)NCCCCNC(=O)CCNC(=O)OCC(OC)OC(CC)CO)cc2)C[C@H](C)C(=O)O)cs1. The second-order valence-corrected chi connectivity index (χ2v) is 21.9. The normalized spacial score (nSPS) is 16.7. The molecule has 1 saturated heterocycles. The van der Waals surface area contributed by atoms with E-state index in [2.05, 4.69) is 45.3 Å². The Morgan fingerprint density at radius 3 is 2.19 bits per heavy atom. The van der Waals surface area contributed by atoms with E-state index >= 15 is 0 Å². The van der Waals surface area contributed by atoms with Crippen molar-refractivity contribution in [3.05, 3.63) is 45.9 Å². The molecule has 0 spiro atoms. The van der Waals surface area contributed by atoms with E-state index in [1.165, 1.54) is 18.4 Å². The van der Waals surface area contributed by atoms with Gasteiger partial charge in [0.15, 0.2) is 6.29 Å². The van der Waals surface area contributed by atoms with Gasteiger partial charge in [-0.05, 0) is 101 Å². The summed E-state index contributed by atoms with van der Waals surface area (Å²) in [4.78, 5) is 100. The molecule has 0 aliphatic carbocycles. The molecule has 2 aromatic rings. The Morgan fingerprint density at radius 2 is 1.57 bits per heavy atom. The van der Waals surface area contributed by atoms with Crippen LogP contribution in [-0.4, -0.2) is 170 Å². The number of carboxylic acids is 1. The molecule has 6 amide bonds. The summed E-state index contributed by atoms with van der Waals surface area (Å²) in [6, 6.07) is 4.85. The smallest absolute Gasteiger partial charge is 0.412 e. The van der Waals surface area contributed by atoms with Crippen molar-refractivity contribution >= 4 is 53.1 Å². The number of aliphatic carboxylic acids is 1. The topological polar surface area (TPSA) is 286 Å². The van der Waals surface area contributed by atoms with Gasteiger partial charge < -0.3 is 65.4 Å². The Balaban J connectivity index is 1.57. The zero-order valence-corrected chi connectivity index (χ0v) is 49.9. The molecule has 1 aliphatic heterocycles. The lowest BCUT2D eigenvalue weighted by Crippen LogP contribution is -2.58. The number of hydrogen-bond acceptors (Lipinski definition) is 16. The van der Waals surface area contributed by atoms with E-state index in [9.17, 15) is 43.8 Å². The molecule has 7 N–H and O–H groups in total. The number of aliphatic hydroxyl groups is 1. The largest absolute Gasteiger partial charge is 0.481 e. The summed E-state index contributed by atoms with van der Waals surface area (Å²) in [7, 11) is 3.36. The molecule has 0 bridgehead atoms. The van der Waals surface area contributed by atoms with Gasteiger partial charge in [-0.1, -0.05) is 80.4 Å². The lowest BCUT2D eigenvalue weighted by atomic mass is 9.92. The number of rotatable bonds is 38. The third-order valence-electron chi connectivity index (χ3n) is 14.2. The number of carbonyl (C=O) groups excluding carboxylic acids is 6. The number of carbonyl (C=O) groups is 7. The van der Waals surface area contributed by atoms with Gasteiger partial charge in [0, 0.05) is 70.2 Å². The third-order valence-corrected chi connectivity index (χ3v) is 15.2. The first-order chi connectivity index (χ1) is 38.3. The number of likely N-dealkylation sites (N-methyl/N-ethyl adjacent to an activating group) is 1. The molecular formula is C57H94N8O14S. The summed E-state index contributed by atoms with van der Waals surface area (Å²) in [6.07, 6.45) is 4.19. The molecule has 23 heteroatoms. The van der Waals surface area contributed by atoms with E-state index in [0.717, 1.165) is 37.8 Å². The third kappa shape index (κ3) is 24.3. The summed E-state index contributed by atoms with van der Waals surface area (Å²) in [6.45, 7) is 17.7. The number of unbranched alkanes of at least 4 members (excludes halogenated alkanes) is 1. The van der Waals surface area contributed by atoms with Crippen LogP contribution in [0, 0.1) is 17.8 Å². The maximum atomic E-state index is 14.8. The highest BCUT2D eigenvalue weighted by Crippen LogP contribution is 2.32. The molecule has 2 heterocycles. The number of carboxylic acid groups (broad SMARTS) is 1. The molecule has 1 aromatic heterocycles. The second kappa shape index (κ2) is 37.5. The van der Waals surface area contributed by atoms with E-state index in [1.807, 2.05) is 46.6 Å². The van der Waals surface area contributed by atoms with Crippen molar-refractivity contribution in [2.75, 3.05) is 66.7 Å². The molecule has 0 radical (unpaired) electrons. The molecule has 1 aromatic carbocycles. The predicted octanol–water partition coefficient (Wildman–Crippen LogP) is 6.59. The van der Waals surface area contributed by atoms with Crippen LogP contribution in [0.25, 0.3) is 0 Å². The van der Waals surface area contributed by atoms with Crippen LogP contribution in [0.15, 0.2) is 29.6 Å². The van der Waals surface area contributed by atoms with Crippen LogP contribution in [-0.2, 0) is 44.5 Å². The average molecular weight is 1150 g/mol. The fraction of sp³-hybridized carbons (Fsp3) is 0.719. The molecule has 452 valence electrons. The number of amides is 6. The number of likely N-dealkylation sites (tertiary alicyclic amines) is 1. The number of hydrogen-bond donors (Lipinski definition) is 7. The van der Waals surface area contributed by atoms with Crippen LogP contribution in [0.1, 0.15) is 160 Å². The minimum atomic E-state index is -1.00. The first-order valence-corrected chi connectivity index (χ1v) is 29.6. The number of ether oxygens (including phenoxy) is 5. The Bertz CT molecular complexity index is 2180. The van der Waals surface area contributed by atoms with Gasteiger partial charge in [0.2, 0.25) is 17.7 Å². The monoisotopic (exact) mass is 1150 g/mol. The Hall–Kier alpha value is -5.46. The molecule has 9 atom stereocenters. The minimum absolute atomic E-state index is 0.0133. The van der Waals surface area contributed by atoms with Crippen LogP contribution in [0.2, 0.25) is 0 Å². The van der Waals surface area contributed by atoms with Crippen LogP contribution in [0.5, 0.6) is 5.75 Å². The standard InChI is InChI=1S/C57H94N8O14S/c1-11-28-65(54(70)50(38(7)13-3)63-52(69)45-19-15-18-29-64(45)9)46(37(5)6)33-47(76-30-12-2)53-62-44(36-80-53)51(68)61-41(31-39(8)55(71)72)32-40-20-22-43(23-21-40)79-57(74)59-26-17-16-25-58-48(67)24-27-60-56(73)77-35-49(75-10)78-42(14-4)34-66/h20-23,36-39,41-42,45-47,49-50,66H,11-19,24-35H2,1-10H3,(H,58,67)(H,59,74)(H,60,73)(H,61,68)(H,63,69)(H,71,72)/t38-,39-,41?,42?,45+,46+,47+,49?,50-/m0/s1. The lowest BCUT2D eigenvalue weighted by molar-refractivity contribution is -0.181. The Kier molecular flexibility index (Phi) is 32.3. The van der Waals surface area contributed by atoms with Crippen molar-refractivity contribution in [3.63, 3.8) is 0 Å². The van der Waals surface area contributed by atoms with Gasteiger partial charge in [-0.3, -0.25) is 28.9 Å². The van der Waals surface area contributed by atoms with Gasteiger partial charge >= 0.3 is 18.2 Å². The minimum Gasteiger partial charge on any atom is -0.481 e. The molecule has 3 rings (SSSR count).